The number of rotatable bonds is 5. The van der Waals surface area contributed by atoms with Crippen molar-refractivity contribution in [1.82, 2.24) is 10.3 Å². The van der Waals surface area contributed by atoms with E-state index in [1.165, 1.54) is 0 Å². The molecule has 0 bridgehead atoms. The van der Waals surface area contributed by atoms with Crippen molar-refractivity contribution in [1.29, 1.82) is 0 Å². The van der Waals surface area contributed by atoms with Gasteiger partial charge in [-0.15, -0.1) is 0 Å². The Kier molecular flexibility index (Phi) is 6.58. The molecule has 3 N–H and O–H groups in total. The van der Waals surface area contributed by atoms with Gasteiger partial charge in [0.15, 0.2) is 0 Å². The molecular formula is C26H28N4O3. The highest BCUT2D eigenvalue weighted by molar-refractivity contribution is 6.10. The lowest BCUT2D eigenvalue weighted by atomic mass is 9.98. The minimum absolute atomic E-state index is 0.0895. The predicted molar refractivity (Wildman–Crippen MR) is 130 cm³/mol. The Balaban J connectivity index is 1.69. The maximum Gasteiger partial charge on any atom is 0.404 e. The fraction of sp³-hybridized carbons (Fsp3) is 0.269. The summed E-state index contributed by atoms with van der Waals surface area (Å²) in [5.74, 6) is -0.217. The minimum Gasteiger partial charge on any atom is -0.465 e. The normalized spacial score (nSPS) is 14.1. The standard InChI is InChI=1S/C26H28N4O3/c1-17-12-18(2)14-21(13-17)28-25(31)23-16-27-15-22(19-6-4-3-5-7-19)24(23)30-10-8-20(9-11-30)29-26(32)33/h3-7,12-16,20,29H,8-11H2,1-2H3,(H,28,31)(H,32,33). The average Bonchev–Trinajstić information content (AvgIpc) is 2.78. The van der Waals surface area contributed by atoms with E-state index in [1.807, 2.05) is 56.3 Å². The Hall–Kier alpha value is -3.87. The number of carbonyl (C=O) groups excluding carboxylic acids is 1. The first-order valence-corrected chi connectivity index (χ1v) is 11.1. The maximum atomic E-state index is 13.4. The Labute approximate surface area is 193 Å². The smallest absolute Gasteiger partial charge is 0.404 e. The fourth-order valence-electron chi connectivity index (χ4n) is 4.46. The number of hydrogen-bond acceptors (Lipinski definition) is 4. The third-order valence-corrected chi connectivity index (χ3v) is 5.87. The molecule has 2 heterocycles. The van der Waals surface area contributed by atoms with E-state index in [1.54, 1.807) is 12.4 Å². The molecule has 1 aromatic heterocycles. The van der Waals surface area contributed by atoms with Crippen LogP contribution < -0.4 is 15.5 Å². The van der Waals surface area contributed by atoms with Crippen LogP contribution in [-0.2, 0) is 0 Å². The molecule has 0 aliphatic carbocycles. The van der Waals surface area contributed by atoms with Crippen LogP contribution in [0.25, 0.3) is 11.1 Å². The Bertz CT molecular complexity index is 1140. The molecule has 1 aliphatic heterocycles. The highest BCUT2D eigenvalue weighted by Gasteiger charge is 2.27. The third kappa shape index (κ3) is 5.31. The summed E-state index contributed by atoms with van der Waals surface area (Å²) in [6.45, 7) is 5.28. The molecule has 2 amide bonds. The van der Waals surface area contributed by atoms with Gasteiger partial charge < -0.3 is 20.6 Å². The summed E-state index contributed by atoms with van der Waals surface area (Å²) in [6.07, 6.45) is 3.74. The first-order chi connectivity index (χ1) is 15.9. The number of amides is 2. The van der Waals surface area contributed by atoms with Gasteiger partial charge in [-0.2, -0.15) is 0 Å². The first kappa shape index (κ1) is 22.3. The summed E-state index contributed by atoms with van der Waals surface area (Å²) in [5.41, 5.74) is 6.09. The number of anilines is 2. The number of nitrogens with one attached hydrogen (secondary N) is 2. The molecule has 170 valence electrons. The van der Waals surface area contributed by atoms with Crippen molar-refractivity contribution in [3.8, 4) is 11.1 Å². The SMILES string of the molecule is Cc1cc(C)cc(NC(=O)c2cncc(-c3ccccc3)c2N2CCC(NC(=O)O)CC2)c1. The van der Waals surface area contributed by atoms with Gasteiger partial charge in [0.25, 0.3) is 5.91 Å². The molecule has 0 spiro atoms. The van der Waals surface area contributed by atoms with Crippen LogP contribution in [0.4, 0.5) is 16.2 Å². The van der Waals surface area contributed by atoms with E-state index < -0.39 is 6.09 Å². The molecular weight excluding hydrogens is 416 g/mol. The molecule has 0 atom stereocenters. The van der Waals surface area contributed by atoms with Gasteiger partial charge in [0.2, 0.25) is 0 Å². The number of nitrogens with zero attached hydrogens (tertiary/aromatic N) is 2. The van der Waals surface area contributed by atoms with E-state index in [0.29, 0.717) is 31.5 Å². The molecule has 0 saturated carbocycles. The number of aromatic nitrogens is 1. The molecule has 2 aromatic carbocycles. The van der Waals surface area contributed by atoms with Gasteiger partial charge in [0.05, 0.1) is 11.3 Å². The molecule has 7 heteroatoms. The zero-order valence-corrected chi connectivity index (χ0v) is 18.8. The lowest BCUT2D eigenvalue weighted by molar-refractivity contribution is 0.102. The van der Waals surface area contributed by atoms with Crippen LogP contribution >= 0.6 is 0 Å². The molecule has 0 unspecified atom stereocenters. The van der Waals surface area contributed by atoms with E-state index in [4.69, 9.17) is 5.11 Å². The number of benzene rings is 2. The second kappa shape index (κ2) is 9.73. The molecule has 33 heavy (non-hydrogen) atoms. The highest BCUT2D eigenvalue weighted by atomic mass is 16.4. The minimum atomic E-state index is -1.00. The summed E-state index contributed by atoms with van der Waals surface area (Å²) in [6, 6.07) is 15.8. The monoisotopic (exact) mass is 444 g/mol. The fourth-order valence-corrected chi connectivity index (χ4v) is 4.46. The van der Waals surface area contributed by atoms with E-state index in [9.17, 15) is 9.59 Å². The van der Waals surface area contributed by atoms with Gasteiger partial charge in [-0.05, 0) is 55.5 Å². The number of piperidine rings is 1. The van der Waals surface area contributed by atoms with Crippen molar-refractivity contribution in [3.05, 3.63) is 77.6 Å². The van der Waals surface area contributed by atoms with Crippen molar-refractivity contribution >= 4 is 23.4 Å². The van der Waals surface area contributed by atoms with Crippen LogP contribution in [0, 0.1) is 13.8 Å². The third-order valence-electron chi connectivity index (χ3n) is 5.87. The van der Waals surface area contributed by atoms with Crippen molar-refractivity contribution in [2.45, 2.75) is 32.7 Å². The van der Waals surface area contributed by atoms with E-state index >= 15 is 0 Å². The van der Waals surface area contributed by atoms with Crippen molar-refractivity contribution < 1.29 is 14.7 Å². The van der Waals surface area contributed by atoms with Crippen LogP contribution in [0.15, 0.2) is 60.9 Å². The number of aryl methyl sites for hydroxylation is 2. The van der Waals surface area contributed by atoms with Crippen molar-refractivity contribution in [3.63, 3.8) is 0 Å². The number of carbonyl (C=O) groups is 2. The summed E-state index contributed by atoms with van der Waals surface area (Å²) in [4.78, 5) is 31.0. The zero-order valence-electron chi connectivity index (χ0n) is 18.8. The van der Waals surface area contributed by atoms with Crippen LogP contribution in [-0.4, -0.2) is 41.2 Å². The van der Waals surface area contributed by atoms with E-state index in [0.717, 1.165) is 33.6 Å². The van der Waals surface area contributed by atoms with Gasteiger partial charge in [-0.3, -0.25) is 9.78 Å². The second-order valence-electron chi connectivity index (χ2n) is 8.49. The number of carboxylic acid groups (broad SMARTS) is 1. The van der Waals surface area contributed by atoms with Crippen LogP contribution in [0.5, 0.6) is 0 Å². The Morgan fingerprint density at radius 3 is 2.30 bits per heavy atom. The average molecular weight is 445 g/mol. The topological polar surface area (TPSA) is 94.6 Å². The van der Waals surface area contributed by atoms with Crippen molar-refractivity contribution in [2.24, 2.45) is 0 Å². The summed E-state index contributed by atoms with van der Waals surface area (Å²) >= 11 is 0. The maximum absolute atomic E-state index is 13.4. The highest BCUT2D eigenvalue weighted by Crippen LogP contribution is 2.35. The molecule has 1 fully saturated rings. The zero-order chi connectivity index (χ0) is 23.4. The van der Waals surface area contributed by atoms with E-state index in [2.05, 4.69) is 26.6 Å². The van der Waals surface area contributed by atoms with Crippen LogP contribution in [0.3, 0.4) is 0 Å². The van der Waals surface area contributed by atoms with Gasteiger partial charge in [0.1, 0.15) is 0 Å². The molecule has 4 rings (SSSR count). The Morgan fingerprint density at radius 1 is 1.00 bits per heavy atom. The second-order valence-corrected chi connectivity index (χ2v) is 8.49. The van der Waals surface area contributed by atoms with E-state index in [-0.39, 0.29) is 11.9 Å². The van der Waals surface area contributed by atoms with Crippen LogP contribution in [0.2, 0.25) is 0 Å². The molecule has 1 aliphatic rings. The lowest BCUT2D eigenvalue weighted by Crippen LogP contribution is -2.44. The molecule has 7 nitrogen and oxygen atoms in total. The van der Waals surface area contributed by atoms with Gasteiger partial charge in [-0.25, -0.2) is 4.79 Å². The largest absolute Gasteiger partial charge is 0.465 e. The van der Waals surface area contributed by atoms with Crippen LogP contribution in [0.1, 0.15) is 34.3 Å². The van der Waals surface area contributed by atoms with Gasteiger partial charge in [0, 0.05) is 42.8 Å². The summed E-state index contributed by atoms with van der Waals surface area (Å²) in [5, 5.41) is 14.7. The predicted octanol–water partition coefficient (Wildman–Crippen LogP) is 4.85. The molecule has 1 saturated heterocycles. The summed E-state index contributed by atoms with van der Waals surface area (Å²) in [7, 11) is 0. The van der Waals surface area contributed by atoms with Gasteiger partial charge >= 0.3 is 6.09 Å². The molecule has 3 aromatic rings. The molecule has 0 radical (unpaired) electrons. The number of hydrogen-bond donors (Lipinski definition) is 3. The van der Waals surface area contributed by atoms with Crippen molar-refractivity contribution in [2.75, 3.05) is 23.3 Å². The number of pyridine rings is 1. The summed E-state index contributed by atoms with van der Waals surface area (Å²) < 4.78 is 0. The quantitative estimate of drug-likeness (QED) is 0.523. The van der Waals surface area contributed by atoms with Gasteiger partial charge in [-0.1, -0.05) is 36.4 Å². The first-order valence-electron chi connectivity index (χ1n) is 11.1. The Morgan fingerprint density at radius 2 is 1.67 bits per heavy atom. The lowest BCUT2D eigenvalue weighted by Gasteiger charge is -2.35.